The SMILES string of the molecule is CN(C)C(=O)[C@@H]1C[C@@H]2CCN(Cc3cnn(C)c3)C[C@H]2O1. The van der Waals surface area contributed by atoms with Crippen molar-refractivity contribution in [1.29, 1.82) is 0 Å². The van der Waals surface area contributed by atoms with Crippen LogP contribution in [0.15, 0.2) is 12.4 Å². The number of likely N-dealkylation sites (tertiary alicyclic amines) is 1. The van der Waals surface area contributed by atoms with Gasteiger partial charge in [0.1, 0.15) is 6.10 Å². The first-order valence-corrected chi connectivity index (χ1v) is 7.59. The lowest BCUT2D eigenvalue weighted by atomic mass is 9.91. The first kappa shape index (κ1) is 14.5. The van der Waals surface area contributed by atoms with E-state index in [1.807, 2.05) is 17.9 Å². The minimum absolute atomic E-state index is 0.100. The van der Waals surface area contributed by atoms with Crippen LogP contribution in [0.3, 0.4) is 0 Å². The molecule has 0 radical (unpaired) electrons. The zero-order valence-corrected chi connectivity index (χ0v) is 13.0. The van der Waals surface area contributed by atoms with Gasteiger partial charge in [-0.05, 0) is 25.3 Å². The molecule has 0 unspecified atom stereocenters. The lowest BCUT2D eigenvalue weighted by molar-refractivity contribution is -0.141. The normalized spacial score (nSPS) is 29.4. The Morgan fingerprint density at radius 2 is 2.33 bits per heavy atom. The molecule has 6 heteroatoms. The molecule has 3 rings (SSSR count). The predicted molar refractivity (Wildman–Crippen MR) is 78.6 cm³/mol. The fraction of sp³-hybridized carbons (Fsp3) is 0.733. The van der Waals surface area contributed by atoms with Gasteiger partial charge in [-0.2, -0.15) is 5.10 Å². The zero-order valence-electron chi connectivity index (χ0n) is 13.0. The standard InChI is InChI=1S/C15H24N4O2/c1-17(2)15(20)13-6-12-4-5-19(10-14(12)21-13)9-11-7-16-18(3)8-11/h7-8,12-14H,4-6,9-10H2,1-3H3/t12-,13-,14+/m0/s1. The number of rotatable bonds is 3. The minimum atomic E-state index is -0.242. The zero-order chi connectivity index (χ0) is 15.0. The van der Waals surface area contributed by atoms with Gasteiger partial charge in [-0.25, -0.2) is 0 Å². The van der Waals surface area contributed by atoms with E-state index >= 15 is 0 Å². The van der Waals surface area contributed by atoms with Crippen LogP contribution in [-0.4, -0.2) is 64.9 Å². The summed E-state index contributed by atoms with van der Waals surface area (Å²) < 4.78 is 7.84. The van der Waals surface area contributed by atoms with Gasteiger partial charge >= 0.3 is 0 Å². The van der Waals surface area contributed by atoms with E-state index in [0.29, 0.717) is 5.92 Å². The predicted octanol–water partition coefficient (Wildman–Crippen LogP) is 0.488. The average molecular weight is 292 g/mol. The molecule has 2 aliphatic rings. The Labute approximate surface area is 125 Å². The molecule has 21 heavy (non-hydrogen) atoms. The van der Waals surface area contributed by atoms with Crippen molar-refractivity contribution in [3.05, 3.63) is 18.0 Å². The Hall–Kier alpha value is -1.40. The second-order valence-electron chi connectivity index (χ2n) is 6.44. The van der Waals surface area contributed by atoms with Crippen molar-refractivity contribution in [2.24, 2.45) is 13.0 Å². The van der Waals surface area contributed by atoms with Gasteiger partial charge < -0.3 is 9.64 Å². The van der Waals surface area contributed by atoms with Crippen LogP contribution in [0, 0.1) is 5.92 Å². The molecule has 0 spiro atoms. The number of piperidine rings is 1. The number of hydrogen-bond acceptors (Lipinski definition) is 4. The molecule has 0 saturated carbocycles. The van der Waals surface area contributed by atoms with Crippen molar-refractivity contribution >= 4 is 5.91 Å². The van der Waals surface area contributed by atoms with Crippen LogP contribution < -0.4 is 0 Å². The van der Waals surface area contributed by atoms with Crippen molar-refractivity contribution in [1.82, 2.24) is 19.6 Å². The number of fused-ring (bicyclic) bond motifs is 1. The highest BCUT2D eigenvalue weighted by atomic mass is 16.5. The molecule has 1 aromatic heterocycles. The maximum Gasteiger partial charge on any atom is 0.251 e. The number of carbonyl (C=O) groups is 1. The molecule has 3 heterocycles. The van der Waals surface area contributed by atoms with Gasteiger partial charge in [0.05, 0.1) is 12.3 Å². The van der Waals surface area contributed by atoms with Gasteiger partial charge in [0.2, 0.25) is 0 Å². The topological polar surface area (TPSA) is 50.6 Å². The van der Waals surface area contributed by atoms with Crippen molar-refractivity contribution in [2.75, 3.05) is 27.2 Å². The summed E-state index contributed by atoms with van der Waals surface area (Å²) in [7, 11) is 5.53. The highest BCUT2D eigenvalue weighted by molar-refractivity contribution is 5.80. The average Bonchev–Trinajstić information content (AvgIpc) is 3.03. The van der Waals surface area contributed by atoms with Crippen LogP contribution in [0.1, 0.15) is 18.4 Å². The van der Waals surface area contributed by atoms with E-state index in [9.17, 15) is 4.79 Å². The molecule has 2 aliphatic heterocycles. The molecule has 116 valence electrons. The summed E-state index contributed by atoms with van der Waals surface area (Å²) in [6.45, 7) is 2.89. The van der Waals surface area contributed by atoms with Gasteiger partial charge in [-0.3, -0.25) is 14.4 Å². The number of likely N-dealkylation sites (N-methyl/N-ethyl adjacent to an activating group) is 1. The summed E-state index contributed by atoms with van der Waals surface area (Å²) in [6.07, 6.45) is 5.92. The fourth-order valence-electron chi connectivity index (χ4n) is 3.40. The highest BCUT2D eigenvalue weighted by Gasteiger charge is 2.42. The van der Waals surface area contributed by atoms with Gasteiger partial charge in [-0.15, -0.1) is 0 Å². The smallest absolute Gasteiger partial charge is 0.251 e. The Morgan fingerprint density at radius 3 is 3.00 bits per heavy atom. The summed E-state index contributed by atoms with van der Waals surface area (Å²) in [5.41, 5.74) is 1.23. The molecule has 2 fully saturated rings. The van der Waals surface area contributed by atoms with Gasteiger partial charge in [0.25, 0.3) is 5.91 Å². The van der Waals surface area contributed by atoms with Gasteiger partial charge in [-0.1, -0.05) is 0 Å². The second-order valence-corrected chi connectivity index (χ2v) is 6.44. The first-order valence-electron chi connectivity index (χ1n) is 7.59. The third-order valence-electron chi connectivity index (χ3n) is 4.52. The summed E-state index contributed by atoms with van der Waals surface area (Å²) in [5, 5.41) is 4.21. The van der Waals surface area contributed by atoms with Crippen molar-refractivity contribution < 1.29 is 9.53 Å². The molecule has 0 aliphatic carbocycles. The molecule has 0 bridgehead atoms. The maximum absolute atomic E-state index is 12.0. The molecular formula is C15H24N4O2. The quantitative estimate of drug-likeness (QED) is 0.813. The third-order valence-corrected chi connectivity index (χ3v) is 4.52. The molecule has 3 atom stereocenters. The van der Waals surface area contributed by atoms with Crippen LogP contribution in [-0.2, 0) is 23.1 Å². The largest absolute Gasteiger partial charge is 0.364 e. The summed E-state index contributed by atoms with van der Waals surface area (Å²) >= 11 is 0. The van der Waals surface area contributed by atoms with E-state index in [0.717, 1.165) is 32.5 Å². The van der Waals surface area contributed by atoms with Crippen LogP contribution in [0.2, 0.25) is 0 Å². The third kappa shape index (κ3) is 3.11. The molecule has 0 aromatic carbocycles. The van der Waals surface area contributed by atoms with Crippen LogP contribution in [0.5, 0.6) is 0 Å². The highest BCUT2D eigenvalue weighted by Crippen LogP contribution is 2.34. The molecular weight excluding hydrogens is 268 g/mol. The second kappa shape index (κ2) is 5.77. The number of carbonyl (C=O) groups excluding carboxylic acids is 1. The van der Waals surface area contributed by atoms with E-state index in [-0.39, 0.29) is 18.1 Å². The molecule has 6 nitrogen and oxygen atoms in total. The molecule has 1 amide bonds. The van der Waals surface area contributed by atoms with Crippen LogP contribution in [0.25, 0.3) is 0 Å². The summed E-state index contributed by atoms with van der Waals surface area (Å²) in [4.78, 5) is 16.1. The number of aryl methyl sites for hydroxylation is 1. The van der Waals surface area contributed by atoms with E-state index in [2.05, 4.69) is 16.2 Å². The van der Waals surface area contributed by atoms with Crippen LogP contribution in [0.4, 0.5) is 0 Å². The number of aromatic nitrogens is 2. The van der Waals surface area contributed by atoms with Crippen molar-refractivity contribution in [3.63, 3.8) is 0 Å². The Morgan fingerprint density at radius 1 is 1.52 bits per heavy atom. The Balaban J connectivity index is 1.57. The van der Waals surface area contributed by atoms with Gasteiger partial charge in [0, 0.05) is 46.0 Å². The van der Waals surface area contributed by atoms with E-state index < -0.39 is 0 Å². The number of hydrogen-bond donors (Lipinski definition) is 0. The number of ether oxygens (including phenoxy) is 1. The van der Waals surface area contributed by atoms with Crippen molar-refractivity contribution in [2.45, 2.75) is 31.6 Å². The van der Waals surface area contributed by atoms with Crippen LogP contribution >= 0.6 is 0 Å². The van der Waals surface area contributed by atoms with Gasteiger partial charge in [0.15, 0.2) is 0 Å². The summed E-state index contributed by atoms with van der Waals surface area (Å²) in [6, 6.07) is 0. The number of amides is 1. The Bertz CT molecular complexity index is 514. The first-order chi connectivity index (χ1) is 10.0. The van der Waals surface area contributed by atoms with Crippen molar-refractivity contribution in [3.8, 4) is 0 Å². The Kier molecular flexibility index (Phi) is 3.99. The fourth-order valence-corrected chi connectivity index (χ4v) is 3.40. The van der Waals surface area contributed by atoms with E-state index in [1.165, 1.54) is 5.56 Å². The maximum atomic E-state index is 12.0. The van der Waals surface area contributed by atoms with E-state index in [1.54, 1.807) is 19.0 Å². The molecule has 1 aromatic rings. The lowest BCUT2D eigenvalue weighted by Gasteiger charge is -2.33. The minimum Gasteiger partial charge on any atom is -0.364 e. The molecule has 2 saturated heterocycles. The monoisotopic (exact) mass is 292 g/mol. The number of nitrogens with zero attached hydrogens (tertiary/aromatic N) is 4. The lowest BCUT2D eigenvalue weighted by Crippen LogP contribution is -2.42. The summed E-state index contributed by atoms with van der Waals surface area (Å²) in [5.74, 6) is 0.632. The van der Waals surface area contributed by atoms with E-state index in [4.69, 9.17) is 4.74 Å². The molecule has 0 N–H and O–H groups in total.